The zero-order valence-electron chi connectivity index (χ0n) is 7.27. The van der Waals surface area contributed by atoms with Crippen molar-refractivity contribution in [1.82, 2.24) is 0 Å². The van der Waals surface area contributed by atoms with Crippen LogP contribution in [0.2, 0.25) is 0 Å². The molecule has 0 amide bonds. The summed E-state index contributed by atoms with van der Waals surface area (Å²) < 4.78 is 49.9. The molecule has 1 aromatic rings. The van der Waals surface area contributed by atoms with Crippen molar-refractivity contribution < 1.29 is 22.7 Å². The molecule has 78 valence electrons. The van der Waals surface area contributed by atoms with E-state index in [4.69, 9.17) is 0 Å². The van der Waals surface area contributed by atoms with Gasteiger partial charge in [0.1, 0.15) is 11.6 Å². The van der Waals surface area contributed by atoms with Crippen LogP contribution in [0.3, 0.4) is 0 Å². The molecule has 0 saturated heterocycles. The Morgan fingerprint density at radius 1 is 1.29 bits per heavy atom. The Morgan fingerprint density at radius 2 is 1.86 bits per heavy atom. The van der Waals surface area contributed by atoms with Crippen molar-refractivity contribution in [3.63, 3.8) is 0 Å². The van der Waals surface area contributed by atoms with E-state index in [9.17, 15) is 22.7 Å². The second-order valence-electron chi connectivity index (χ2n) is 3.07. The minimum Gasteiger partial charge on any atom is -0.379 e. The zero-order valence-corrected chi connectivity index (χ0v) is 7.27. The van der Waals surface area contributed by atoms with Crippen molar-refractivity contribution in [2.45, 2.75) is 19.0 Å². The lowest BCUT2D eigenvalue weighted by Crippen LogP contribution is -2.31. The molecule has 1 rings (SSSR count). The lowest BCUT2D eigenvalue weighted by Gasteiger charge is -2.22. The highest BCUT2D eigenvalue weighted by Crippen LogP contribution is 2.29. The number of hydrogen-bond acceptors (Lipinski definition) is 1. The van der Waals surface area contributed by atoms with Gasteiger partial charge in [-0.3, -0.25) is 0 Å². The van der Waals surface area contributed by atoms with Crippen LogP contribution >= 0.6 is 0 Å². The molecule has 0 spiro atoms. The molecular formula is C9H8F4O. The van der Waals surface area contributed by atoms with Gasteiger partial charge < -0.3 is 5.11 Å². The van der Waals surface area contributed by atoms with Crippen LogP contribution in [0.4, 0.5) is 17.6 Å². The highest BCUT2D eigenvalue weighted by Gasteiger charge is 2.36. The van der Waals surface area contributed by atoms with Crippen LogP contribution in [0, 0.1) is 11.6 Å². The largest absolute Gasteiger partial charge is 0.379 e. The first kappa shape index (κ1) is 11.0. The molecule has 0 aromatic heterocycles. The normalized spacial score (nSPS) is 15.6. The van der Waals surface area contributed by atoms with Gasteiger partial charge in [0.05, 0.1) is 0 Å². The van der Waals surface area contributed by atoms with Crippen molar-refractivity contribution >= 4 is 0 Å². The average Bonchev–Trinajstić information content (AvgIpc) is 2.02. The molecule has 1 N–H and O–H groups in total. The van der Waals surface area contributed by atoms with Crippen LogP contribution in [0.25, 0.3) is 0 Å². The highest BCUT2D eigenvalue weighted by molar-refractivity contribution is 5.25. The molecule has 0 radical (unpaired) electrons. The second-order valence-corrected chi connectivity index (χ2v) is 3.07. The monoisotopic (exact) mass is 208 g/mol. The Bertz CT molecular complexity index is 336. The van der Waals surface area contributed by atoms with Crippen LogP contribution in [-0.2, 0) is 5.60 Å². The Kier molecular flexibility index (Phi) is 2.80. The maximum Gasteiger partial charge on any atom is 0.270 e. The number of alkyl halides is 2. The van der Waals surface area contributed by atoms with Crippen molar-refractivity contribution in [3.8, 4) is 0 Å². The van der Waals surface area contributed by atoms with Crippen LogP contribution in [0.1, 0.15) is 12.5 Å². The SMILES string of the molecule is CC(O)(c1ccc(F)cc1F)C(F)F. The first-order valence-corrected chi connectivity index (χ1v) is 3.81. The molecule has 5 heteroatoms. The Hall–Kier alpha value is -1.10. The number of benzene rings is 1. The van der Waals surface area contributed by atoms with E-state index in [0.717, 1.165) is 19.1 Å². The van der Waals surface area contributed by atoms with Gasteiger partial charge in [0.15, 0.2) is 5.60 Å². The molecule has 0 saturated carbocycles. The van der Waals surface area contributed by atoms with Gasteiger partial charge in [-0.1, -0.05) is 6.07 Å². The van der Waals surface area contributed by atoms with Crippen LogP contribution < -0.4 is 0 Å². The van der Waals surface area contributed by atoms with Crippen molar-refractivity contribution in [1.29, 1.82) is 0 Å². The van der Waals surface area contributed by atoms with Gasteiger partial charge in [0, 0.05) is 11.6 Å². The molecule has 1 unspecified atom stereocenters. The van der Waals surface area contributed by atoms with E-state index in [-0.39, 0.29) is 0 Å². The van der Waals surface area contributed by atoms with Crippen molar-refractivity contribution in [2.24, 2.45) is 0 Å². The summed E-state index contributed by atoms with van der Waals surface area (Å²) in [5.41, 5.74) is -3.22. The maximum atomic E-state index is 13.0. The fraction of sp³-hybridized carbons (Fsp3) is 0.333. The molecule has 0 fully saturated rings. The van der Waals surface area contributed by atoms with Crippen LogP contribution in [0.15, 0.2) is 18.2 Å². The zero-order chi connectivity index (χ0) is 10.9. The molecule has 0 heterocycles. The quantitative estimate of drug-likeness (QED) is 0.740. The highest BCUT2D eigenvalue weighted by atomic mass is 19.3. The summed E-state index contributed by atoms with van der Waals surface area (Å²) in [4.78, 5) is 0. The third-order valence-electron chi connectivity index (χ3n) is 1.90. The molecule has 1 atom stereocenters. The van der Waals surface area contributed by atoms with Crippen LogP contribution in [0.5, 0.6) is 0 Å². The fourth-order valence-electron chi connectivity index (χ4n) is 1.02. The predicted octanol–water partition coefficient (Wildman–Crippen LogP) is 2.44. The van der Waals surface area contributed by atoms with E-state index in [0.29, 0.717) is 6.07 Å². The molecule has 0 bridgehead atoms. The minimum absolute atomic E-state index is 0.451. The van der Waals surface area contributed by atoms with E-state index < -0.39 is 29.2 Å². The van der Waals surface area contributed by atoms with Crippen LogP contribution in [-0.4, -0.2) is 11.5 Å². The molecule has 1 aromatic carbocycles. The summed E-state index contributed by atoms with van der Waals surface area (Å²) in [6, 6.07) is 2.07. The number of halogens is 4. The van der Waals surface area contributed by atoms with E-state index in [2.05, 4.69) is 0 Å². The third-order valence-corrected chi connectivity index (χ3v) is 1.90. The summed E-state index contributed by atoms with van der Waals surface area (Å²) in [5.74, 6) is -2.06. The number of aliphatic hydroxyl groups is 1. The molecule has 1 nitrogen and oxygen atoms in total. The Balaban J connectivity index is 3.19. The van der Waals surface area contributed by atoms with Gasteiger partial charge in [-0.2, -0.15) is 0 Å². The Labute approximate surface area is 78.0 Å². The summed E-state index contributed by atoms with van der Waals surface area (Å²) >= 11 is 0. The van der Waals surface area contributed by atoms with Gasteiger partial charge in [0.2, 0.25) is 0 Å². The van der Waals surface area contributed by atoms with E-state index in [1.165, 1.54) is 0 Å². The molecule has 0 aliphatic heterocycles. The first-order valence-electron chi connectivity index (χ1n) is 3.81. The number of rotatable bonds is 2. The van der Waals surface area contributed by atoms with E-state index >= 15 is 0 Å². The van der Waals surface area contributed by atoms with Gasteiger partial charge in [-0.05, 0) is 13.0 Å². The summed E-state index contributed by atoms with van der Waals surface area (Å²) in [6.07, 6.45) is -3.14. The van der Waals surface area contributed by atoms with Gasteiger partial charge >= 0.3 is 0 Å². The lowest BCUT2D eigenvalue weighted by atomic mass is 9.96. The fourth-order valence-corrected chi connectivity index (χ4v) is 1.02. The molecule has 0 aliphatic rings. The summed E-state index contributed by atoms with van der Waals surface area (Å²) in [5, 5.41) is 9.22. The average molecular weight is 208 g/mol. The van der Waals surface area contributed by atoms with Gasteiger partial charge in [-0.25, -0.2) is 17.6 Å². The van der Waals surface area contributed by atoms with Gasteiger partial charge in [0.25, 0.3) is 6.43 Å². The van der Waals surface area contributed by atoms with E-state index in [1.54, 1.807) is 0 Å². The Morgan fingerprint density at radius 3 is 2.29 bits per heavy atom. The molecule has 0 aliphatic carbocycles. The molecular weight excluding hydrogens is 200 g/mol. The maximum absolute atomic E-state index is 13.0. The number of hydrogen-bond donors (Lipinski definition) is 1. The lowest BCUT2D eigenvalue weighted by molar-refractivity contribution is -0.0903. The summed E-state index contributed by atoms with van der Waals surface area (Å²) in [7, 11) is 0. The van der Waals surface area contributed by atoms with Crippen molar-refractivity contribution in [3.05, 3.63) is 35.4 Å². The smallest absolute Gasteiger partial charge is 0.270 e. The second kappa shape index (κ2) is 3.57. The standard InChI is InChI=1S/C9H8F4O/c1-9(14,8(12)13)6-3-2-5(10)4-7(6)11/h2-4,8,14H,1H3. The van der Waals surface area contributed by atoms with E-state index in [1.807, 2.05) is 0 Å². The first-order chi connectivity index (χ1) is 6.35. The topological polar surface area (TPSA) is 20.2 Å². The van der Waals surface area contributed by atoms with Crippen molar-refractivity contribution in [2.75, 3.05) is 0 Å². The van der Waals surface area contributed by atoms with Gasteiger partial charge in [-0.15, -0.1) is 0 Å². The predicted molar refractivity (Wildman–Crippen MR) is 41.9 cm³/mol. The summed E-state index contributed by atoms with van der Waals surface area (Å²) in [6.45, 7) is 0.772. The minimum atomic E-state index is -3.14. The third kappa shape index (κ3) is 1.87. The molecule has 14 heavy (non-hydrogen) atoms.